The molecule has 2 aromatic rings. The van der Waals surface area contributed by atoms with Gasteiger partial charge in [-0.3, -0.25) is 9.78 Å². The van der Waals surface area contributed by atoms with Crippen LogP contribution in [0.3, 0.4) is 0 Å². The zero-order valence-corrected chi connectivity index (χ0v) is 12.2. The summed E-state index contributed by atoms with van der Waals surface area (Å²) in [4.78, 5) is 21.3. The van der Waals surface area contributed by atoms with Crippen molar-refractivity contribution in [3.05, 3.63) is 36.2 Å². The molecule has 0 saturated carbocycles. The number of amides is 1. The molecule has 1 aromatic heterocycles. The van der Waals surface area contributed by atoms with E-state index < -0.39 is 0 Å². The smallest absolute Gasteiger partial charge is 0.273 e. The Morgan fingerprint density at radius 2 is 1.95 bits per heavy atom. The fourth-order valence-corrected chi connectivity index (χ4v) is 2.82. The van der Waals surface area contributed by atoms with E-state index in [9.17, 15) is 4.79 Å². The van der Waals surface area contributed by atoms with Crippen molar-refractivity contribution in [1.29, 1.82) is 0 Å². The summed E-state index contributed by atoms with van der Waals surface area (Å²) in [5.74, 6) is 0.00181. The van der Waals surface area contributed by atoms with Crippen molar-refractivity contribution in [3.63, 3.8) is 0 Å². The Morgan fingerprint density at radius 1 is 1.19 bits per heavy atom. The van der Waals surface area contributed by atoms with Gasteiger partial charge in [0.1, 0.15) is 5.69 Å². The number of nitrogens with two attached hydrogens (primary N) is 1. The summed E-state index contributed by atoms with van der Waals surface area (Å²) in [6.45, 7) is 6.54. The minimum Gasteiger partial charge on any atom is -0.398 e. The summed E-state index contributed by atoms with van der Waals surface area (Å²) in [7, 11) is 0. The third kappa shape index (κ3) is 2.56. The van der Waals surface area contributed by atoms with Gasteiger partial charge in [-0.2, -0.15) is 0 Å². The first-order valence-electron chi connectivity index (χ1n) is 7.35. The minimum atomic E-state index is 0.00181. The van der Waals surface area contributed by atoms with Gasteiger partial charge in [-0.05, 0) is 18.7 Å². The number of carbonyl (C=O) groups excluding carboxylic acids is 1. The van der Waals surface area contributed by atoms with Gasteiger partial charge in [-0.15, -0.1) is 0 Å². The van der Waals surface area contributed by atoms with Crippen LogP contribution >= 0.6 is 0 Å². The van der Waals surface area contributed by atoms with Gasteiger partial charge in [0.15, 0.2) is 0 Å². The van der Waals surface area contributed by atoms with Crippen LogP contribution in [0.15, 0.2) is 30.5 Å². The molecule has 1 aliphatic rings. The first-order chi connectivity index (χ1) is 10.2. The van der Waals surface area contributed by atoms with E-state index >= 15 is 0 Å². The zero-order chi connectivity index (χ0) is 14.8. The summed E-state index contributed by atoms with van der Waals surface area (Å²) >= 11 is 0. The molecule has 1 saturated heterocycles. The molecule has 3 rings (SSSR count). The third-order valence-corrected chi connectivity index (χ3v) is 4.15. The highest BCUT2D eigenvalue weighted by molar-refractivity contribution is 6.07. The number of nitrogens with zero attached hydrogens (tertiary/aromatic N) is 3. The van der Waals surface area contributed by atoms with Crippen molar-refractivity contribution in [3.8, 4) is 0 Å². The molecule has 0 atom stereocenters. The number of hydrogen-bond acceptors (Lipinski definition) is 4. The molecule has 0 radical (unpaired) electrons. The lowest BCUT2D eigenvalue weighted by Gasteiger charge is -2.34. The molecule has 5 nitrogen and oxygen atoms in total. The predicted octanol–water partition coefficient (Wildman–Crippen LogP) is 1.59. The molecule has 0 aliphatic carbocycles. The molecule has 0 spiro atoms. The molecule has 5 heteroatoms. The molecule has 0 bridgehead atoms. The standard InChI is InChI=1S/C16H20N4O/c1-2-19-8-10-20(11-9-19)16(21)15-13-4-3-5-14(17)12(13)6-7-18-15/h3-7H,2,8-11,17H2,1H3. The van der Waals surface area contributed by atoms with Gasteiger partial charge in [0.05, 0.1) is 0 Å². The molecule has 1 aliphatic heterocycles. The number of benzene rings is 1. The van der Waals surface area contributed by atoms with Crippen molar-refractivity contribution in [2.75, 3.05) is 38.5 Å². The highest BCUT2D eigenvalue weighted by atomic mass is 16.2. The SMILES string of the molecule is CCN1CCN(C(=O)c2nccc3c(N)cccc23)CC1. The van der Waals surface area contributed by atoms with E-state index in [4.69, 9.17) is 5.73 Å². The first-order valence-corrected chi connectivity index (χ1v) is 7.35. The van der Waals surface area contributed by atoms with Crippen molar-refractivity contribution in [2.24, 2.45) is 0 Å². The molecule has 21 heavy (non-hydrogen) atoms. The number of pyridine rings is 1. The van der Waals surface area contributed by atoms with Crippen LogP contribution in [0.2, 0.25) is 0 Å². The Hall–Kier alpha value is -2.14. The first kappa shape index (κ1) is 13.8. The van der Waals surface area contributed by atoms with Crippen molar-refractivity contribution in [2.45, 2.75) is 6.92 Å². The lowest BCUT2D eigenvalue weighted by molar-refractivity contribution is 0.0640. The third-order valence-electron chi connectivity index (χ3n) is 4.15. The molecule has 0 unspecified atom stereocenters. The van der Waals surface area contributed by atoms with E-state index in [1.165, 1.54) is 0 Å². The zero-order valence-electron chi connectivity index (χ0n) is 12.2. The van der Waals surface area contributed by atoms with Crippen LogP contribution in [-0.4, -0.2) is 53.4 Å². The molecule has 1 aromatic carbocycles. The van der Waals surface area contributed by atoms with Crippen molar-refractivity contribution >= 4 is 22.4 Å². The summed E-state index contributed by atoms with van der Waals surface area (Å²) in [5, 5.41) is 1.73. The summed E-state index contributed by atoms with van der Waals surface area (Å²) in [5.41, 5.74) is 7.17. The van der Waals surface area contributed by atoms with E-state index in [2.05, 4.69) is 16.8 Å². The van der Waals surface area contributed by atoms with Gasteiger partial charge in [0.25, 0.3) is 5.91 Å². The van der Waals surface area contributed by atoms with E-state index in [1.54, 1.807) is 6.20 Å². The fourth-order valence-electron chi connectivity index (χ4n) is 2.82. The van der Waals surface area contributed by atoms with Crippen LogP contribution in [0.5, 0.6) is 0 Å². The van der Waals surface area contributed by atoms with Crippen LogP contribution < -0.4 is 5.73 Å². The number of fused-ring (bicyclic) bond motifs is 1. The predicted molar refractivity (Wildman–Crippen MR) is 84.2 cm³/mol. The highest BCUT2D eigenvalue weighted by Gasteiger charge is 2.23. The minimum absolute atomic E-state index is 0.00181. The Kier molecular flexibility index (Phi) is 3.75. The van der Waals surface area contributed by atoms with Crippen LogP contribution in [0.1, 0.15) is 17.4 Å². The average molecular weight is 284 g/mol. The molecule has 1 amide bonds. The number of carbonyl (C=O) groups is 1. The number of nitrogen functional groups attached to an aromatic ring is 1. The Morgan fingerprint density at radius 3 is 2.67 bits per heavy atom. The maximum Gasteiger partial charge on any atom is 0.273 e. The number of likely N-dealkylation sites (N-methyl/N-ethyl adjacent to an activating group) is 1. The lowest BCUT2D eigenvalue weighted by atomic mass is 10.1. The van der Waals surface area contributed by atoms with E-state index in [0.29, 0.717) is 11.4 Å². The van der Waals surface area contributed by atoms with Crippen LogP contribution in [-0.2, 0) is 0 Å². The Labute approximate surface area is 124 Å². The van der Waals surface area contributed by atoms with Crippen molar-refractivity contribution in [1.82, 2.24) is 14.8 Å². The number of piperazine rings is 1. The van der Waals surface area contributed by atoms with E-state index in [-0.39, 0.29) is 5.91 Å². The van der Waals surface area contributed by atoms with Gasteiger partial charge in [0.2, 0.25) is 0 Å². The van der Waals surface area contributed by atoms with Gasteiger partial charge < -0.3 is 15.5 Å². The Balaban J connectivity index is 1.90. The monoisotopic (exact) mass is 284 g/mol. The molecule has 2 N–H and O–H groups in total. The molecule has 1 fully saturated rings. The summed E-state index contributed by atoms with van der Waals surface area (Å²) < 4.78 is 0. The molecular formula is C16H20N4O. The maximum absolute atomic E-state index is 12.7. The number of rotatable bonds is 2. The lowest BCUT2D eigenvalue weighted by Crippen LogP contribution is -2.48. The largest absolute Gasteiger partial charge is 0.398 e. The number of anilines is 1. The van der Waals surface area contributed by atoms with Gasteiger partial charge in [-0.25, -0.2) is 0 Å². The Bertz CT molecular complexity index is 662. The average Bonchev–Trinajstić information content (AvgIpc) is 2.54. The van der Waals surface area contributed by atoms with Gasteiger partial charge >= 0.3 is 0 Å². The maximum atomic E-state index is 12.7. The second-order valence-corrected chi connectivity index (χ2v) is 5.33. The highest BCUT2D eigenvalue weighted by Crippen LogP contribution is 2.23. The van der Waals surface area contributed by atoms with Crippen LogP contribution in [0.25, 0.3) is 10.8 Å². The second kappa shape index (κ2) is 5.69. The fraction of sp³-hybridized carbons (Fsp3) is 0.375. The topological polar surface area (TPSA) is 62.5 Å². The van der Waals surface area contributed by atoms with Crippen LogP contribution in [0.4, 0.5) is 5.69 Å². The summed E-state index contributed by atoms with van der Waals surface area (Å²) in [6.07, 6.45) is 1.66. The number of aromatic nitrogens is 1. The van der Waals surface area contributed by atoms with Crippen LogP contribution in [0, 0.1) is 0 Å². The van der Waals surface area contributed by atoms with E-state index in [1.807, 2.05) is 29.2 Å². The number of hydrogen-bond donors (Lipinski definition) is 1. The quantitative estimate of drug-likeness (QED) is 0.851. The second-order valence-electron chi connectivity index (χ2n) is 5.33. The van der Waals surface area contributed by atoms with Gasteiger partial charge in [0, 0.05) is 48.8 Å². The summed E-state index contributed by atoms with van der Waals surface area (Å²) in [6, 6.07) is 7.48. The molecule has 110 valence electrons. The van der Waals surface area contributed by atoms with Crippen molar-refractivity contribution < 1.29 is 4.79 Å². The molecule has 2 heterocycles. The normalized spacial score (nSPS) is 16.3. The van der Waals surface area contributed by atoms with Gasteiger partial charge in [-0.1, -0.05) is 19.1 Å². The van der Waals surface area contributed by atoms with E-state index in [0.717, 1.165) is 43.5 Å². The molecular weight excluding hydrogens is 264 g/mol.